The van der Waals surface area contributed by atoms with Gasteiger partial charge in [0.2, 0.25) is 11.8 Å². The molecule has 0 spiro atoms. The van der Waals surface area contributed by atoms with E-state index in [2.05, 4.69) is 10.6 Å². The molecule has 1 fully saturated rings. The van der Waals surface area contributed by atoms with E-state index in [1.165, 1.54) is 0 Å². The van der Waals surface area contributed by atoms with Gasteiger partial charge in [-0.1, -0.05) is 0 Å². The van der Waals surface area contributed by atoms with Crippen molar-refractivity contribution >= 4 is 23.6 Å². The molecule has 1 aliphatic heterocycles. The van der Waals surface area contributed by atoms with Gasteiger partial charge in [-0.25, -0.2) is 0 Å². The van der Waals surface area contributed by atoms with Crippen LogP contribution < -0.4 is 10.6 Å². The minimum Gasteiger partial charge on any atom is -0.358 e. The van der Waals surface area contributed by atoms with Crippen LogP contribution in [0.5, 0.6) is 0 Å². The van der Waals surface area contributed by atoms with E-state index in [4.69, 9.17) is 0 Å². The van der Waals surface area contributed by atoms with Gasteiger partial charge in [-0.15, -0.1) is 0 Å². The summed E-state index contributed by atoms with van der Waals surface area (Å²) in [5.74, 6) is -1.28. The number of nitrogens with one attached hydrogen (secondary N) is 2. The van der Waals surface area contributed by atoms with E-state index in [9.17, 15) is 22.8 Å². The lowest BCUT2D eigenvalue weighted by Crippen LogP contribution is -2.47. The topological polar surface area (TPSA) is 61.4 Å². The summed E-state index contributed by atoms with van der Waals surface area (Å²) < 4.78 is 35.8. The van der Waals surface area contributed by atoms with Crippen LogP contribution in [0.1, 0.15) is 12.8 Å². The summed E-state index contributed by atoms with van der Waals surface area (Å²) in [6, 6.07) is -0.114. The zero-order valence-corrected chi connectivity index (χ0v) is 11.9. The molecule has 2 N–H and O–H groups in total. The third kappa shape index (κ3) is 6.99. The van der Waals surface area contributed by atoms with Gasteiger partial charge in [0.15, 0.2) is 0 Å². The van der Waals surface area contributed by atoms with Crippen molar-refractivity contribution in [3.8, 4) is 0 Å². The molecule has 0 aromatic rings. The van der Waals surface area contributed by atoms with E-state index in [0.717, 1.165) is 0 Å². The minimum atomic E-state index is -4.38. The SMILES string of the molecule is CNC(=O)CN1CCC(NC(=O)CSC(F)(F)F)CC1. The van der Waals surface area contributed by atoms with E-state index in [0.29, 0.717) is 32.5 Å². The number of halogens is 3. The molecule has 0 saturated carbocycles. The van der Waals surface area contributed by atoms with Crippen LogP contribution in [0, 0.1) is 0 Å². The Morgan fingerprint density at radius 1 is 1.25 bits per heavy atom. The molecule has 116 valence electrons. The summed E-state index contributed by atoms with van der Waals surface area (Å²) >= 11 is -0.333. The van der Waals surface area contributed by atoms with Crippen molar-refractivity contribution in [2.75, 3.05) is 32.4 Å². The first-order valence-electron chi connectivity index (χ1n) is 6.23. The van der Waals surface area contributed by atoms with Crippen LogP contribution >= 0.6 is 11.8 Å². The normalized spacial score (nSPS) is 17.8. The van der Waals surface area contributed by atoms with Crippen molar-refractivity contribution in [1.82, 2.24) is 15.5 Å². The van der Waals surface area contributed by atoms with Gasteiger partial charge in [-0.3, -0.25) is 14.5 Å². The molecule has 2 amide bonds. The van der Waals surface area contributed by atoms with Gasteiger partial charge in [0.1, 0.15) is 0 Å². The number of likely N-dealkylation sites (tertiary alicyclic amines) is 1. The number of nitrogens with zero attached hydrogens (tertiary/aromatic N) is 1. The zero-order chi connectivity index (χ0) is 15.2. The molecule has 0 aromatic heterocycles. The molecule has 9 heteroatoms. The maximum absolute atomic E-state index is 11.9. The second-order valence-corrected chi connectivity index (χ2v) is 5.57. The zero-order valence-electron chi connectivity index (χ0n) is 11.1. The Kier molecular flexibility index (Phi) is 6.60. The first kappa shape index (κ1) is 17.1. The van der Waals surface area contributed by atoms with E-state index < -0.39 is 17.2 Å². The molecule has 0 bridgehead atoms. The number of thioether (sulfide) groups is 1. The number of carbonyl (C=O) groups excluding carboxylic acids is 2. The summed E-state index contributed by atoms with van der Waals surface area (Å²) in [4.78, 5) is 24.5. The monoisotopic (exact) mass is 313 g/mol. The first-order valence-corrected chi connectivity index (χ1v) is 7.21. The van der Waals surface area contributed by atoms with Crippen molar-refractivity contribution in [1.29, 1.82) is 0 Å². The van der Waals surface area contributed by atoms with E-state index >= 15 is 0 Å². The van der Waals surface area contributed by atoms with Gasteiger partial charge < -0.3 is 10.6 Å². The van der Waals surface area contributed by atoms with Gasteiger partial charge in [0.05, 0.1) is 12.3 Å². The average molecular weight is 313 g/mol. The van der Waals surface area contributed by atoms with Gasteiger partial charge in [0.25, 0.3) is 0 Å². The number of hydrogen-bond acceptors (Lipinski definition) is 4. The molecule has 1 rings (SSSR count). The molecule has 0 unspecified atom stereocenters. The maximum atomic E-state index is 11.9. The number of rotatable bonds is 5. The quantitative estimate of drug-likeness (QED) is 0.779. The number of alkyl halides is 3. The van der Waals surface area contributed by atoms with Gasteiger partial charge in [-0.2, -0.15) is 13.2 Å². The molecule has 5 nitrogen and oxygen atoms in total. The number of piperidine rings is 1. The number of hydrogen-bond donors (Lipinski definition) is 2. The first-order chi connectivity index (χ1) is 9.30. The fourth-order valence-electron chi connectivity index (χ4n) is 1.93. The predicted octanol–water partition coefficient (Wildman–Crippen LogP) is 0.566. The Morgan fingerprint density at radius 3 is 2.35 bits per heavy atom. The highest BCUT2D eigenvalue weighted by atomic mass is 32.2. The number of carbonyl (C=O) groups is 2. The van der Waals surface area contributed by atoms with Crippen molar-refractivity contribution in [3.63, 3.8) is 0 Å². The van der Waals surface area contributed by atoms with Gasteiger partial charge in [0, 0.05) is 26.2 Å². The van der Waals surface area contributed by atoms with Crippen LogP contribution in [-0.2, 0) is 9.59 Å². The van der Waals surface area contributed by atoms with E-state index in [1.807, 2.05) is 4.90 Å². The second-order valence-electron chi connectivity index (χ2n) is 4.53. The standard InChI is InChI=1S/C11H18F3N3O2S/c1-15-9(18)6-17-4-2-8(3-5-17)16-10(19)7-20-11(12,13)14/h8H,2-7H2,1H3,(H,15,18)(H,16,19). The van der Waals surface area contributed by atoms with Crippen molar-refractivity contribution in [3.05, 3.63) is 0 Å². The summed E-state index contributed by atoms with van der Waals surface area (Å²) in [5.41, 5.74) is -4.38. The number of likely N-dealkylation sites (N-methyl/N-ethyl adjacent to an activating group) is 1. The van der Waals surface area contributed by atoms with Crippen LogP contribution in [-0.4, -0.2) is 60.7 Å². The lowest BCUT2D eigenvalue weighted by molar-refractivity contribution is -0.123. The van der Waals surface area contributed by atoms with Crippen molar-refractivity contribution in [2.45, 2.75) is 24.4 Å². The van der Waals surface area contributed by atoms with Crippen LogP contribution in [0.3, 0.4) is 0 Å². The average Bonchev–Trinajstić information content (AvgIpc) is 2.38. The van der Waals surface area contributed by atoms with Crippen LogP contribution in [0.25, 0.3) is 0 Å². The maximum Gasteiger partial charge on any atom is 0.442 e. The summed E-state index contributed by atoms with van der Waals surface area (Å²) in [7, 11) is 1.56. The molecule has 0 aromatic carbocycles. The molecule has 20 heavy (non-hydrogen) atoms. The predicted molar refractivity (Wildman–Crippen MR) is 70.2 cm³/mol. The molecule has 1 heterocycles. The highest BCUT2D eigenvalue weighted by Gasteiger charge is 2.30. The lowest BCUT2D eigenvalue weighted by Gasteiger charge is -2.31. The van der Waals surface area contributed by atoms with Crippen LogP contribution in [0.4, 0.5) is 13.2 Å². The molecular formula is C11H18F3N3O2S. The molecule has 1 saturated heterocycles. The second kappa shape index (κ2) is 7.72. The van der Waals surface area contributed by atoms with Crippen LogP contribution in [0.2, 0.25) is 0 Å². The van der Waals surface area contributed by atoms with Crippen molar-refractivity contribution in [2.24, 2.45) is 0 Å². The molecule has 0 atom stereocenters. The third-order valence-electron chi connectivity index (χ3n) is 2.97. The number of amides is 2. The Bertz CT molecular complexity index is 344. The fourth-order valence-corrected chi connectivity index (χ4v) is 2.31. The summed E-state index contributed by atoms with van der Waals surface area (Å²) in [6.45, 7) is 1.59. The largest absolute Gasteiger partial charge is 0.442 e. The summed E-state index contributed by atoms with van der Waals surface area (Å²) in [6.07, 6.45) is 1.28. The Morgan fingerprint density at radius 2 is 1.85 bits per heavy atom. The summed E-state index contributed by atoms with van der Waals surface area (Å²) in [5, 5.41) is 5.12. The van der Waals surface area contributed by atoms with Crippen LogP contribution in [0.15, 0.2) is 0 Å². The fraction of sp³-hybridized carbons (Fsp3) is 0.818. The Hall–Kier alpha value is -0.960. The Balaban J connectivity index is 2.22. The smallest absolute Gasteiger partial charge is 0.358 e. The van der Waals surface area contributed by atoms with Crippen molar-refractivity contribution < 1.29 is 22.8 Å². The third-order valence-corrected chi connectivity index (χ3v) is 3.70. The molecule has 0 aliphatic carbocycles. The highest BCUT2D eigenvalue weighted by Crippen LogP contribution is 2.29. The van der Waals surface area contributed by atoms with Gasteiger partial charge >= 0.3 is 5.51 Å². The Labute approximate surface area is 119 Å². The van der Waals surface area contributed by atoms with Gasteiger partial charge in [-0.05, 0) is 24.6 Å². The molecular weight excluding hydrogens is 295 g/mol. The van der Waals surface area contributed by atoms with E-state index in [-0.39, 0.29) is 23.7 Å². The lowest BCUT2D eigenvalue weighted by atomic mass is 10.1. The van der Waals surface area contributed by atoms with E-state index in [1.54, 1.807) is 7.05 Å². The molecule has 1 aliphatic rings. The molecule has 0 radical (unpaired) electrons. The highest BCUT2D eigenvalue weighted by molar-refractivity contribution is 8.00. The minimum absolute atomic E-state index is 0.0749.